The summed E-state index contributed by atoms with van der Waals surface area (Å²) in [4.78, 5) is 16.5. The molecule has 0 bridgehead atoms. The van der Waals surface area contributed by atoms with E-state index in [2.05, 4.69) is 10.3 Å². The Balaban J connectivity index is 0.00000288. The smallest absolute Gasteiger partial charge is 0.230 e. The van der Waals surface area contributed by atoms with E-state index in [4.69, 9.17) is 15.2 Å². The first-order valence-electron chi connectivity index (χ1n) is 7.20. The van der Waals surface area contributed by atoms with Gasteiger partial charge in [0.05, 0.1) is 25.8 Å². The number of carbonyl (C=O) groups is 1. The number of methoxy groups -OCH3 is 2. The average Bonchev–Trinajstić information content (AvgIpc) is 3.01. The Bertz CT molecular complexity index is 691. The molecule has 3 N–H and O–H groups in total. The summed E-state index contributed by atoms with van der Waals surface area (Å²) in [6.45, 7) is 3.60. The lowest BCUT2D eigenvalue weighted by molar-refractivity contribution is -0.119. The van der Waals surface area contributed by atoms with Crippen molar-refractivity contribution >= 4 is 34.8 Å². The number of benzene rings is 1. The monoisotopic (exact) mass is 371 g/mol. The summed E-state index contributed by atoms with van der Waals surface area (Å²) >= 11 is 1.35. The van der Waals surface area contributed by atoms with E-state index in [0.717, 1.165) is 11.3 Å². The van der Waals surface area contributed by atoms with Crippen LogP contribution in [-0.2, 0) is 4.79 Å². The molecule has 1 heterocycles. The minimum Gasteiger partial charge on any atom is -0.497 e. The third-order valence-corrected chi connectivity index (χ3v) is 4.38. The van der Waals surface area contributed by atoms with Gasteiger partial charge in [-0.25, -0.2) is 4.98 Å². The van der Waals surface area contributed by atoms with Gasteiger partial charge in [-0.2, -0.15) is 0 Å². The van der Waals surface area contributed by atoms with Crippen molar-refractivity contribution in [2.24, 2.45) is 11.7 Å². The molecule has 2 atom stereocenters. The van der Waals surface area contributed by atoms with Gasteiger partial charge in [-0.15, -0.1) is 23.7 Å². The highest BCUT2D eigenvalue weighted by Crippen LogP contribution is 2.35. The lowest BCUT2D eigenvalue weighted by Crippen LogP contribution is -2.34. The maximum absolute atomic E-state index is 12.1. The van der Waals surface area contributed by atoms with Gasteiger partial charge >= 0.3 is 0 Å². The predicted molar refractivity (Wildman–Crippen MR) is 99.3 cm³/mol. The number of halogens is 1. The standard InChI is InChI=1S/C16H21N3O3S.ClH/c1-9(10(2)17)15(20)19-16-18-13(8-23-16)12-7-11(21-3)5-6-14(12)22-4;/h5-10H,17H2,1-4H3,(H,18,19,20);1H. The number of amides is 1. The van der Waals surface area contributed by atoms with Crippen LogP contribution < -0.4 is 20.5 Å². The Morgan fingerprint density at radius 2 is 2.00 bits per heavy atom. The maximum atomic E-state index is 12.1. The molecule has 24 heavy (non-hydrogen) atoms. The summed E-state index contributed by atoms with van der Waals surface area (Å²) in [7, 11) is 3.21. The van der Waals surface area contributed by atoms with E-state index in [1.807, 2.05) is 23.6 Å². The second-order valence-electron chi connectivity index (χ2n) is 5.24. The van der Waals surface area contributed by atoms with Gasteiger partial charge in [-0.05, 0) is 25.1 Å². The Morgan fingerprint density at radius 3 is 2.58 bits per heavy atom. The van der Waals surface area contributed by atoms with Gasteiger partial charge in [-0.1, -0.05) is 6.92 Å². The Hall–Kier alpha value is -1.83. The summed E-state index contributed by atoms with van der Waals surface area (Å²) in [6, 6.07) is 5.28. The summed E-state index contributed by atoms with van der Waals surface area (Å²) < 4.78 is 10.6. The van der Waals surface area contributed by atoms with Gasteiger partial charge < -0.3 is 20.5 Å². The number of thiazole rings is 1. The molecule has 0 aliphatic carbocycles. The predicted octanol–water partition coefficient (Wildman–Crippen LogP) is 3.17. The largest absolute Gasteiger partial charge is 0.497 e. The van der Waals surface area contributed by atoms with E-state index in [-0.39, 0.29) is 30.3 Å². The number of nitrogens with two attached hydrogens (primary N) is 1. The molecule has 6 nitrogen and oxygen atoms in total. The molecule has 1 aromatic heterocycles. The van der Waals surface area contributed by atoms with Crippen molar-refractivity contribution in [2.45, 2.75) is 19.9 Å². The van der Waals surface area contributed by atoms with E-state index < -0.39 is 0 Å². The van der Waals surface area contributed by atoms with E-state index in [1.54, 1.807) is 28.1 Å². The van der Waals surface area contributed by atoms with E-state index >= 15 is 0 Å². The molecule has 2 aromatic rings. The third kappa shape index (κ3) is 4.59. The molecule has 1 aromatic carbocycles. The van der Waals surface area contributed by atoms with Gasteiger partial charge in [0.1, 0.15) is 11.5 Å². The van der Waals surface area contributed by atoms with Crippen molar-refractivity contribution in [3.8, 4) is 22.8 Å². The topological polar surface area (TPSA) is 86.5 Å². The molecule has 132 valence electrons. The van der Waals surface area contributed by atoms with Crippen molar-refractivity contribution in [2.75, 3.05) is 19.5 Å². The fourth-order valence-electron chi connectivity index (χ4n) is 1.93. The fourth-order valence-corrected chi connectivity index (χ4v) is 2.64. The number of hydrogen-bond acceptors (Lipinski definition) is 6. The van der Waals surface area contributed by atoms with Crippen LogP contribution in [0.4, 0.5) is 5.13 Å². The van der Waals surface area contributed by atoms with E-state index in [9.17, 15) is 4.79 Å². The van der Waals surface area contributed by atoms with Crippen molar-refractivity contribution in [1.82, 2.24) is 4.98 Å². The molecule has 0 radical (unpaired) electrons. The second-order valence-corrected chi connectivity index (χ2v) is 6.10. The third-order valence-electron chi connectivity index (χ3n) is 3.62. The average molecular weight is 372 g/mol. The normalized spacial score (nSPS) is 12.7. The number of nitrogens with one attached hydrogen (secondary N) is 1. The molecule has 2 unspecified atom stereocenters. The highest BCUT2D eigenvalue weighted by molar-refractivity contribution is 7.14. The minimum atomic E-state index is -0.284. The van der Waals surface area contributed by atoms with E-state index in [1.165, 1.54) is 11.3 Å². The molecule has 0 fully saturated rings. The van der Waals surface area contributed by atoms with Crippen LogP contribution in [0.15, 0.2) is 23.6 Å². The molecule has 0 aliphatic heterocycles. The Labute approximate surface area is 151 Å². The Kier molecular flexibility index (Phi) is 7.47. The number of rotatable bonds is 6. The van der Waals surface area contributed by atoms with Crippen molar-refractivity contribution in [3.63, 3.8) is 0 Å². The van der Waals surface area contributed by atoms with Crippen LogP contribution in [0.3, 0.4) is 0 Å². The first kappa shape index (κ1) is 20.2. The zero-order valence-electron chi connectivity index (χ0n) is 14.0. The van der Waals surface area contributed by atoms with Gasteiger partial charge in [0, 0.05) is 17.0 Å². The molecule has 0 saturated heterocycles. The summed E-state index contributed by atoms with van der Waals surface area (Å²) in [5.41, 5.74) is 7.27. The number of anilines is 1. The molecule has 0 saturated carbocycles. The van der Waals surface area contributed by atoms with Crippen LogP contribution in [-0.4, -0.2) is 31.2 Å². The van der Waals surface area contributed by atoms with Gasteiger partial charge in [-0.3, -0.25) is 4.79 Å². The van der Waals surface area contributed by atoms with Crippen LogP contribution >= 0.6 is 23.7 Å². The molecule has 0 aliphatic rings. The summed E-state index contributed by atoms with van der Waals surface area (Å²) in [6.07, 6.45) is 0. The lowest BCUT2D eigenvalue weighted by atomic mass is 10.0. The van der Waals surface area contributed by atoms with Crippen molar-refractivity contribution < 1.29 is 14.3 Å². The molecule has 8 heteroatoms. The first-order chi connectivity index (χ1) is 11.0. The molecule has 0 spiro atoms. The van der Waals surface area contributed by atoms with Crippen molar-refractivity contribution in [1.29, 1.82) is 0 Å². The van der Waals surface area contributed by atoms with E-state index in [0.29, 0.717) is 16.6 Å². The van der Waals surface area contributed by atoms with Crippen LogP contribution in [0.1, 0.15) is 13.8 Å². The number of ether oxygens (including phenoxy) is 2. The molecular formula is C16H22ClN3O3S. The lowest BCUT2D eigenvalue weighted by Gasteiger charge is -2.13. The van der Waals surface area contributed by atoms with Gasteiger partial charge in [0.2, 0.25) is 5.91 Å². The molecular weight excluding hydrogens is 350 g/mol. The summed E-state index contributed by atoms with van der Waals surface area (Å²) in [5, 5.41) is 5.19. The highest BCUT2D eigenvalue weighted by atomic mass is 35.5. The quantitative estimate of drug-likeness (QED) is 0.814. The maximum Gasteiger partial charge on any atom is 0.230 e. The second kappa shape index (κ2) is 8.86. The zero-order valence-corrected chi connectivity index (χ0v) is 15.7. The van der Waals surface area contributed by atoms with Gasteiger partial charge in [0.15, 0.2) is 5.13 Å². The van der Waals surface area contributed by atoms with Crippen molar-refractivity contribution in [3.05, 3.63) is 23.6 Å². The number of nitrogens with zero attached hydrogens (tertiary/aromatic N) is 1. The van der Waals surface area contributed by atoms with Crippen LogP contribution in [0.25, 0.3) is 11.3 Å². The number of aromatic nitrogens is 1. The first-order valence-corrected chi connectivity index (χ1v) is 8.08. The van der Waals surface area contributed by atoms with Gasteiger partial charge in [0.25, 0.3) is 0 Å². The fraction of sp³-hybridized carbons (Fsp3) is 0.375. The zero-order chi connectivity index (χ0) is 17.0. The highest BCUT2D eigenvalue weighted by Gasteiger charge is 2.19. The molecule has 2 rings (SSSR count). The minimum absolute atomic E-state index is 0. The number of carbonyl (C=O) groups excluding carboxylic acids is 1. The van der Waals surface area contributed by atoms with Crippen LogP contribution in [0, 0.1) is 5.92 Å². The number of hydrogen-bond donors (Lipinski definition) is 2. The SMILES string of the molecule is COc1ccc(OC)c(-c2csc(NC(=O)C(C)C(C)N)n2)c1.Cl. The van der Waals surface area contributed by atoms with Crippen LogP contribution in [0.2, 0.25) is 0 Å². The van der Waals surface area contributed by atoms with Crippen LogP contribution in [0.5, 0.6) is 11.5 Å². The summed E-state index contributed by atoms with van der Waals surface area (Å²) in [5.74, 6) is 0.982. The molecule has 1 amide bonds. The Morgan fingerprint density at radius 1 is 1.29 bits per heavy atom.